The largest absolute Gasteiger partial charge is 0.507 e. The number of H-pyrrole nitrogens is 1. The molecule has 110 valence electrons. The van der Waals surface area contributed by atoms with Crippen LogP contribution in [0.15, 0.2) is 34.5 Å². The van der Waals surface area contributed by atoms with Crippen molar-refractivity contribution in [2.24, 2.45) is 5.10 Å². The van der Waals surface area contributed by atoms with Crippen LogP contribution in [0.1, 0.15) is 5.56 Å². The van der Waals surface area contributed by atoms with E-state index >= 15 is 0 Å². The summed E-state index contributed by atoms with van der Waals surface area (Å²) in [6.07, 6.45) is 1.46. The molecule has 3 N–H and O–H groups in total. The van der Waals surface area contributed by atoms with E-state index in [4.69, 9.17) is 0 Å². The number of para-hydroxylation sites is 1. The molecule has 1 aromatic heterocycles. The maximum absolute atomic E-state index is 11.0. The van der Waals surface area contributed by atoms with Gasteiger partial charge in [0.25, 0.3) is 0 Å². The van der Waals surface area contributed by atoms with Crippen molar-refractivity contribution in [3.63, 3.8) is 0 Å². The van der Waals surface area contributed by atoms with E-state index < -0.39 is 0 Å². The third-order valence-electron chi connectivity index (χ3n) is 2.32. The highest BCUT2D eigenvalue weighted by atomic mass is 32.2. The average molecular weight is 307 g/mol. The minimum Gasteiger partial charge on any atom is -0.507 e. The second kappa shape index (κ2) is 7.29. The minimum atomic E-state index is -0.350. The molecule has 2 rings (SSSR count). The highest BCUT2D eigenvalue weighted by molar-refractivity contribution is 7.99. The van der Waals surface area contributed by atoms with Crippen LogP contribution in [0.2, 0.25) is 0 Å². The minimum absolute atomic E-state index is 0.134. The van der Waals surface area contributed by atoms with Gasteiger partial charge in [-0.05, 0) is 12.1 Å². The molecule has 0 unspecified atom stereocenters. The molecule has 9 heteroatoms. The zero-order valence-corrected chi connectivity index (χ0v) is 11.9. The molecule has 0 spiro atoms. The number of ether oxygens (including phenoxy) is 1. The van der Waals surface area contributed by atoms with E-state index in [1.165, 1.54) is 13.3 Å². The second-order valence-corrected chi connectivity index (χ2v) is 4.70. The Bertz CT molecular complexity index is 643. The van der Waals surface area contributed by atoms with Gasteiger partial charge < -0.3 is 9.84 Å². The number of aromatic amines is 1. The Balaban J connectivity index is 1.88. The van der Waals surface area contributed by atoms with E-state index in [2.05, 4.69) is 30.4 Å². The van der Waals surface area contributed by atoms with Crippen LogP contribution in [-0.2, 0) is 9.53 Å². The number of benzene rings is 1. The first-order chi connectivity index (χ1) is 10.2. The predicted octanol–water partition coefficient (Wildman–Crippen LogP) is 1.22. The summed E-state index contributed by atoms with van der Waals surface area (Å²) in [5, 5.41) is 20.4. The topological polar surface area (TPSA) is 112 Å². The zero-order valence-electron chi connectivity index (χ0n) is 11.1. The fourth-order valence-corrected chi connectivity index (χ4v) is 1.93. The lowest BCUT2D eigenvalue weighted by atomic mass is 10.2. The first-order valence-electron chi connectivity index (χ1n) is 5.88. The second-order valence-electron chi connectivity index (χ2n) is 3.76. The van der Waals surface area contributed by atoms with Crippen molar-refractivity contribution in [2.45, 2.75) is 5.16 Å². The van der Waals surface area contributed by atoms with Crippen molar-refractivity contribution in [1.82, 2.24) is 15.2 Å². The molecule has 1 heterocycles. The summed E-state index contributed by atoms with van der Waals surface area (Å²) in [4.78, 5) is 15.1. The molecule has 0 atom stereocenters. The van der Waals surface area contributed by atoms with Gasteiger partial charge in [0.05, 0.1) is 19.1 Å². The molecule has 0 amide bonds. The fourth-order valence-electron chi connectivity index (χ4n) is 1.30. The number of carbonyl (C=O) groups excluding carboxylic acids is 1. The molecule has 0 saturated heterocycles. The van der Waals surface area contributed by atoms with E-state index in [0.717, 1.165) is 11.8 Å². The Hall–Kier alpha value is -2.55. The van der Waals surface area contributed by atoms with Crippen molar-refractivity contribution in [3.05, 3.63) is 29.8 Å². The molecular weight excluding hydrogens is 294 g/mol. The molecular formula is C12H13N5O3S. The molecule has 0 fully saturated rings. The number of thioether (sulfide) groups is 1. The lowest BCUT2D eigenvalue weighted by Crippen LogP contribution is -2.03. The molecule has 0 bridgehead atoms. The first kappa shape index (κ1) is 14.9. The number of hydrazone groups is 1. The van der Waals surface area contributed by atoms with Crippen molar-refractivity contribution in [1.29, 1.82) is 0 Å². The van der Waals surface area contributed by atoms with Crippen LogP contribution in [0.25, 0.3) is 0 Å². The molecule has 0 radical (unpaired) electrons. The van der Waals surface area contributed by atoms with Gasteiger partial charge in [-0.15, -0.1) is 5.10 Å². The molecule has 0 saturated carbocycles. The van der Waals surface area contributed by atoms with Crippen molar-refractivity contribution in [2.75, 3.05) is 18.3 Å². The van der Waals surface area contributed by atoms with Gasteiger partial charge in [0.2, 0.25) is 11.1 Å². The number of aromatic nitrogens is 3. The average Bonchev–Trinajstić information content (AvgIpc) is 2.94. The number of hydrogen-bond acceptors (Lipinski definition) is 8. The van der Waals surface area contributed by atoms with E-state index in [1.807, 2.05) is 0 Å². The van der Waals surface area contributed by atoms with Gasteiger partial charge in [-0.3, -0.25) is 4.79 Å². The Morgan fingerprint density at radius 1 is 1.57 bits per heavy atom. The molecule has 2 aromatic rings. The standard InChI is InChI=1S/C12H13N5O3S/c1-20-10(19)7-21-12-14-11(16-17-12)15-13-6-8-4-2-3-5-9(8)18/h2-6,18H,7H2,1H3,(H2,14,15,16,17)/b13-6+. The first-order valence-corrected chi connectivity index (χ1v) is 6.86. The summed E-state index contributed by atoms with van der Waals surface area (Å²) in [6.45, 7) is 0. The molecule has 0 aliphatic rings. The number of phenolic OH excluding ortho intramolecular Hbond substituents is 1. The summed E-state index contributed by atoms with van der Waals surface area (Å²) < 4.78 is 4.52. The lowest BCUT2D eigenvalue weighted by Gasteiger charge is -1.97. The fraction of sp³-hybridized carbons (Fsp3) is 0.167. The summed E-state index contributed by atoms with van der Waals surface area (Å²) >= 11 is 1.15. The third kappa shape index (κ3) is 4.49. The molecule has 21 heavy (non-hydrogen) atoms. The van der Waals surface area contributed by atoms with Crippen molar-refractivity contribution >= 4 is 29.9 Å². The number of rotatable bonds is 6. The Labute approximate surface area is 124 Å². The number of phenols is 1. The van der Waals surface area contributed by atoms with Crippen molar-refractivity contribution < 1.29 is 14.6 Å². The summed E-state index contributed by atoms with van der Waals surface area (Å²) in [7, 11) is 1.32. The van der Waals surface area contributed by atoms with Gasteiger partial charge in [0, 0.05) is 5.56 Å². The van der Waals surface area contributed by atoms with Gasteiger partial charge in [0.1, 0.15) is 5.75 Å². The Kier molecular flexibility index (Phi) is 5.16. The number of aromatic hydroxyl groups is 1. The summed E-state index contributed by atoms with van der Waals surface area (Å²) in [5.41, 5.74) is 3.22. The van der Waals surface area contributed by atoms with E-state index in [1.54, 1.807) is 24.3 Å². The SMILES string of the molecule is COC(=O)CSc1n[nH]c(N/N=C/c2ccccc2O)n1. The number of methoxy groups -OCH3 is 1. The summed E-state index contributed by atoms with van der Waals surface area (Å²) in [5.74, 6) is 0.246. The van der Waals surface area contributed by atoms with E-state index in [9.17, 15) is 9.90 Å². The normalized spacial score (nSPS) is 10.7. The Morgan fingerprint density at radius 2 is 2.38 bits per heavy atom. The molecule has 0 aliphatic carbocycles. The van der Waals surface area contributed by atoms with Crippen LogP contribution in [0.4, 0.5) is 5.95 Å². The van der Waals surface area contributed by atoms with E-state index in [0.29, 0.717) is 16.7 Å². The maximum Gasteiger partial charge on any atom is 0.316 e. The number of esters is 1. The van der Waals surface area contributed by atoms with Gasteiger partial charge in [-0.2, -0.15) is 10.1 Å². The van der Waals surface area contributed by atoms with Crippen LogP contribution in [-0.4, -0.2) is 45.3 Å². The van der Waals surface area contributed by atoms with Crippen LogP contribution in [0, 0.1) is 0 Å². The zero-order chi connectivity index (χ0) is 15.1. The quantitative estimate of drug-likeness (QED) is 0.318. The number of hydrogen-bond donors (Lipinski definition) is 3. The highest BCUT2D eigenvalue weighted by Crippen LogP contribution is 2.15. The van der Waals surface area contributed by atoms with E-state index in [-0.39, 0.29) is 17.5 Å². The number of nitrogens with one attached hydrogen (secondary N) is 2. The van der Waals surface area contributed by atoms with Crippen LogP contribution < -0.4 is 5.43 Å². The van der Waals surface area contributed by atoms with Gasteiger partial charge in [0.15, 0.2) is 0 Å². The highest BCUT2D eigenvalue weighted by Gasteiger charge is 2.06. The van der Waals surface area contributed by atoms with Crippen molar-refractivity contribution in [3.8, 4) is 5.75 Å². The van der Waals surface area contributed by atoms with Crippen LogP contribution >= 0.6 is 11.8 Å². The summed E-state index contributed by atoms with van der Waals surface area (Å²) in [6, 6.07) is 6.80. The maximum atomic E-state index is 11.0. The van der Waals surface area contributed by atoms with Gasteiger partial charge >= 0.3 is 5.97 Å². The van der Waals surface area contributed by atoms with Gasteiger partial charge in [-0.25, -0.2) is 10.5 Å². The molecule has 8 nitrogen and oxygen atoms in total. The molecule has 0 aliphatic heterocycles. The van der Waals surface area contributed by atoms with Crippen LogP contribution in [0.5, 0.6) is 5.75 Å². The number of anilines is 1. The smallest absolute Gasteiger partial charge is 0.316 e. The number of carbonyl (C=O) groups is 1. The molecule has 1 aromatic carbocycles. The monoisotopic (exact) mass is 307 g/mol. The van der Waals surface area contributed by atoms with Gasteiger partial charge in [-0.1, -0.05) is 23.9 Å². The lowest BCUT2D eigenvalue weighted by molar-refractivity contribution is -0.137. The van der Waals surface area contributed by atoms with Crippen LogP contribution in [0.3, 0.4) is 0 Å². The Morgan fingerprint density at radius 3 is 3.14 bits per heavy atom. The number of nitrogens with zero attached hydrogens (tertiary/aromatic N) is 3. The predicted molar refractivity (Wildman–Crippen MR) is 78.4 cm³/mol. The third-order valence-corrected chi connectivity index (χ3v) is 3.14.